The molecule has 0 saturated heterocycles. The summed E-state index contributed by atoms with van der Waals surface area (Å²) >= 11 is 12.1. The van der Waals surface area contributed by atoms with Gasteiger partial charge in [0.15, 0.2) is 0 Å². The lowest BCUT2D eigenvalue weighted by Gasteiger charge is -2.31. The number of halogens is 2. The minimum Gasteiger partial charge on any atom is -0.328 e. The Morgan fingerprint density at radius 3 is 2.62 bits per heavy atom. The second kappa shape index (κ2) is 7.90. The molecule has 1 aromatic carbocycles. The Morgan fingerprint density at radius 1 is 1.48 bits per heavy atom. The maximum absolute atomic E-state index is 8.36. The van der Waals surface area contributed by atoms with Crippen molar-refractivity contribution in [1.82, 2.24) is 5.01 Å². The van der Waals surface area contributed by atoms with Crippen LogP contribution in [0, 0.1) is 16.0 Å². The van der Waals surface area contributed by atoms with E-state index in [1.807, 2.05) is 18.5 Å². The monoisotopic (exact) mass is 334 g/mol. The smallest absolute Gasteiger partial charge is 0.291 e. The molecule has 1 aliphatic rings. The summed E-state index contributed by atoms with van der Waals surface area (Å²) in [6.45, 7) is 5.87. The minimum absolute atomic E-state index is 0.563. The molecule has 0 spiro atoms. The lowest BCUT2D eigenvalue weighted by Crippen LogP contribution is -2.39. The van der Waals surface area contributed by atoms with E-state index in [9.17, 15) is 0 Å². The predicted octanol–water partition coefficient (Wildman–Crippen LogP) is 3.32. The number of rotatable bonds is 3. The van der Waals surface area contributed by atoms with E-state index in [0.29, 0.717) is 22.6 Å². The van der Waals surface area contributed by atoms with Gasteiger partial charge in [0.25, 0.3) is 5.09 Å². The van der Waals surface area contributed by atoms with Crippen LogP contribution in [-0.4, -0.2) is 34.9 Å². The average Bonchev–Trinajstić information content (AvgIpc) is 2.75. The highest BCUT2D eigenvalue weighted by molar-refractivity contribution is 6.36. The van der Waals surface area contributed by atoms with Crippen LogP contribution in [0.5, 0.6) is 0 Å². The van der Waals surface area contributed by atoms with Crippen molar-refractivity contribution >= 4 is 35.2 Å². The summed E-state index contributed by atoms with van der Waals surface area (Å²) in [6.07, 6.45) is 1.85. The largest absolute Gasteiger partial charge is 0.328 e. The Morgan fingerprint density at radius 2 is 2.10 bits per heavy atom. The van der Waals surface area contributed by atoms with Crippen molar-refractivity contribution in [3.63, 3.8) is 0 Å². The Balaban J connectivity index is 0.000000491. The van der Waals surface area contributed by atoms with Crippen LogP contribution in [0.2, 0.25) is 10.0 Å². The van der Waals surface area contributed by atoms with Gasteiger partial charge in [0.2, 0.25) is 0 Å². The quantitative estimate of drug-likeness (QED) is 0.677. The maximum Gasteiger partial charge on any atom is 0.291 e. The fourth-order valence-corrected chi connectivity index (χ4v) is 2.28. The molecule has 1 heterocycles. The first-order valence-corrected chi connectivity index (χ1v) is 6.89. The van der Waals surface area contributed by atoms with Crippen LogP contribution in [0.4, 0.5) is 5.69 Å². The van der Waals surface area contributed by atoms with Gasteiger partial charge >= 0.3 is 0 Å². The number of aliphatic imine (C=N–C) groups is 1. The predicted molar refractivity (Wildman–Crippen MR) is 82.6 cm³/mol. The highest BCUT2D eigenvalue weighted by Crippen LogP contribution is 2.30. The molecule has 2 rings (SSSR count). The number of hydrogen-bond acceptors (Lipinski definition) is 5. The van der Waals surface area contributed by atoms with Gasteiger partial charge < -0.3 is 5.21 Å². The third kappa shape index (κ3) is 5.65. The first-order valence-electron chi connectivity index (χ1n) is 6.13. The summed E-state index contributed by atoms with van der Waals surface area (Å²) in [6, 6.07) is 5.52. The van der Waals surface area contributed by atoms with Crippen molar-refractivity contribution in [3.05, 3.63) is 38.4 Å². The van der Waals surface area contributed by atoms with E-state index in [2.05, 4.69) is 28.9 Å². The van der Waals surface area contributed by atoms with Gasteiger partial charge in [0.1, 0.15) is 13.0 Å². The van der Waals surface area contributed by atoms with Crippen molar-refractivity contribution in [1.29, 1.82) is 0 Å². The molecule has 7 nitrogen and oxygen atoms in total. The summed E-state index contributed by atoms with van der Waals surface area (Å²) in [5.41, 5.74) is 0.939. The Bertz CT molecular complexity index is 521. The highest BCUT2D eigenvalue weighted by Gasteiger charge is 2.20. The van der Waals surface area contributed by atoms with Crippen LogP contribution in [-0.2, 0) is 0 Å². The SMILES string of the molecule is CC(C)CN1C=NCN1c1ccc(Cl)cc1Cl.O=[N+]([O-])O. The van der Waals surface area contributed by atoms with Gasteiger partial charge in [-0.05, 0) is 24.1 Å². The molecule has 1 N–H and O–H groups in total. The van der Waals surface area contributed by atoms with Crippen molar-refractivity contribution in [2.24, 2.45) is 10.9 Å². The van der Waals surface area contributed by atoms with E-state index in [1.54, 1.807) is 6.07 Å². The third-order valence-corrected chi connectivity index (χ3v) is 3.02. The summed E-state index contributed by atoms with van der Waals surface area (Å²) in [4.78, 5) is 12.6. The lowest BCUT2D eigenvalue weighted by molar-refractivity contribution is -0.742. The van der Waals surface area contributed by atoms with Crippen LogP contribution >= 0.6 is 23.2 Å². The van der Waals surface area contributed by atoms with Crippen molar-refractivity contribution < 1.29 is 10.3 Å². The van der Waals surface area contributed by atoms with Gasteiger partial charge in [0.05, 0.1) is 10.7 Å². The summed E-state index contributed by atoms with van der Waals surface area (Å²) in [7, 11) is 0. The summed E-state index contributed by atoms with van der Waals surface area (Å²) < 4.78 is 0. The lowest BCUT2D eigenvalue weighted by atomic mass is 10.2. The average molecular weight is 335 g/mol. The van der Waals surface area contributed by atoms with Gasteiger partial charge in [-0.3, -0.25) is 15.0 Å². The van der Waals surface area contributed by atoms with Crippen LogP contribution < -0.4 is 5.01 Å². The van der Waals surface area contributed by atoms with Gasteiger partial charge in [-0.15, -0.1) is 10.1 Å². The van der Waals surface area contributed by atoms with E-state index in [0.717, 1.165) is 12.2 Å². The molecule has 0 bridgehead atoms. The molecule has 1 aliphatic heterocycles. The Kier molecular flexibility index (Phi) is 6.51. The summed E-state index contributed by atoms with van der Waals surface area (Å²) in [5.74, 6) is 0.563. The molecular formula is C12H16Cl2N4O3. The second-order valence-corrected chi connectivity index (χ2v) is 5.53. The fraction of sp³-hybridized carbons (Fsp3) is 0.417. The zero-order chi connectivity index (χ0) is 16.0. The standard InChI is InChI=1S/C12H15Cl2N3.HNO3/c1-9(2)6-16-7-15-8-17(16)12-4-3-10(13)5-11(12)14;2-1(3)4/h3-5,7,9H,6,8H2,1-2H3;(H,2,3,4). The molecular weight excluding hydrogens is 319 g/mol. The molecule has 0 amide bonds. The number of nitrogens with zero attached hydrogens (tertiary/aromatic N) is 4. The van der Waals surface area contributed by atoms with Gasteiger partial charge in [-0.2, -0.15) is 0 Å². The third-order valence-electron chi connectivity index (χ3n) is 2.48. The zero-order valence-electron chi connectivity index (χ0n) is 11.6. The normalized spacial score (nSPS) is 13.4. The molecule has 0 aromatic heterocycles. The number of benzene rings is 1. The van der Waals surface area contributed by atoms with Crippen LogP contribution in [0.15, 0.2) is 23.2 Å². The molecule has 0 unspecified atom stereocenters. The van der Waals surface area contributed by atoms with Crippen molar-refractivity contribution in [2.45, 2.75) is 13.8 Å². The molecule has 9 heteroatoms. The van der Waals surface area contributed by atoms with Crippen LogP contribution in [0.1, 0.15) is 13.8 Å². The number of hydrazine groups is 1. The van der Waals surface area contributed by atoms with Crippen molar-refractivity contribution in [2.75, 3.05) is 18.2 Å². The van der Waals surface area contributed by atoms with E-state index < -0.39 is 5.09 Å². The van der Waals surface area contributed by atoms with E-state index in [4.69, 9.17) is 38.5 Å². The Labute approximate surface area is 132 Å². The first-order chi connectivity index (χ1) is 9.81. The fourth-order valence-electron chi connectivity index (χ4n) is 1.78. The molecule has 0 aliphatic carbocycles. The molecule has 1 aromatic rings. The van der Waals surface area contributed by atoms with Crippen LogP contribution in [0.25, 0.3) is 0 Å². The minimum atomic E-state index is -1.50. The molecule has 0 atom stereocenters. The van der Waals surface area contributed by atoms with E-state index >= 15 is 0 Å². The zero-order valence-corrected chi connectivity index (χ0v) is 13.1. The van der Waals surface area contributed by atoms with Gasteiger partial charge in [0, 0.05) is 11.6 Å². The molecule has 0 radical (unpaired) electrons. The molecule has 0 fully saturated rings. The Hall–Kier alpha value is -1.73. The van der Waals surface area contributed by atoms with Gasteiger partial charge in [-0.1, -0.05) is 37.0 Å². The topological polar surface area (TPSA) is 82.2 Å². The number of anilines is 1. The molecule has 0 saturated carbocycles. The van der Waals surface area contributed by atoms with Gasteiger partial charge in [-0.25, -0.2) is 0 Å². The van der Waals surface area contributed by atoms with E-state index in [1.165, 1.54) is 0 Å². The number of hydrogen-bond donors (Lipinski definition) is 1. The van der Waals surface area contributed by atoms with E-state index in [-0.39, 0.29) is 0 Å². The maximum atomic E-state index is 8.36. The second-order valence-electron chi connectivity index (χ2n) is 4.69. The van der Waals surface area contributed by atoms with Crippen molar-refractivity contribution in [3.8, 4) is 0 Å². The highest BCUT2D eigenvalue weighted by atomic mass is 35.5. The molecule has 116 valence electrons. The first kappa shape index (κ1) is 17.3. The summed E-state index contributed by atoms with van der Waals surface area (Å²) in [5, 5.41) is 19.1. The molecule has 21 heavy (non-hydrogen) atoms. The van der Waals surface area contributed by atoms with Crippen LogP contribution in [0.3, 0.4) is 0 Å².